The molecule has 0 fully saturated rings. The Morgan fingerprint density at radius 1 is 1.56 bits per heavy atom. The largest absolute Gasteiger partial charge is 0.387 e. The van der Waals surface area contributed by atoms with E-state index in [9.17, 15) is 0 Å². The minimum absolute atomic E-state index is 0.0268. The summed E-state index contributed by atoms with van der Waals surface area (Å²) in [6.45, 7) is 4.42. The first-order valence-electron chi connectivity index (χ1n) is 5.72. The van der Waals surface area contributed by atoms with Gasteiger partial charge in [0.1, 0.15) is 5.82 Å². The fraction of sp³-hybridized carbons (Fsp3) is 0.455. The molecule has 0 aliphatic rings. The highest BCUT2D eigenvalue weighted by Gasteiger charge is 2.15. The lowest BCUT2D eigenvalue weighted by Crippen LogP contribution is -2.32. The van der Waals surface area contributed by atoms with Gasteiger partial charge in [-0.3, -0.25) is 9.81 Å². The third-order valence-corrected chi connectivity index (χ3v) is 2.92. The van der Waals surface area contributed by atoms with Crippen molar-refractivity contribution in [2.75, 3.05) is 18.5 Å². The molecule has 0 aromatic carbocycles. The molecule has 18 heavy (non-hydrogen) atoms. The first kappa shape index (κ1) is 12.3. The van der Waals surface area contributed by atoms with Crippen LogP contribution in [0.25, 0.3) is 5.65 Å². The van der Waals surface area contributed by atoms with Crippen molar-refractivity contribution in [3.05, 3.63) is 18.2 Å². The van der Waals surface area contributed by atoms with Gasteiger partial charge in [0.05, 0.1) is 5.84 Å². The van der Waals surface area contributed by atoms with Gasteiger partial charge < -0.3 is 10.6 Å². The van der Waals surface area contributed by atoms with Gasteiger partial charge in [-0.15, -0.1) is 10.2 Å². The van der Waals surface area contributed by atoms with E-state index in [1.54, 1.807) is 6.20 Å². The van der Waals surface area contributed by atoms with E-state index in [0.29, 0.717) is 12.2 Å². The van der Waals surface area contributed by atoms with Crippen LogP contribution in [0.3, 0.4) is 0 Å². The Morgan fingerprint density at radius 3 is 2.94 bits per heavy atom. The molecule has 0 aliphatic heterocycles. The monoisotopic (exact) mass is 247 g/mol. The van der Waals surface area contributed by atoms with Crippen LogP contribution in [0.4, 0.5) is 5.82 Å². The number of hydrogen-bond donors (Lipinski definition) is 2. The molecule has 7 heteroatoms. The van der Waals surface area contributed by atoms with Crippen molar-refractivity contribution in [2.45, 2.75) is 13.8 Å². The van der Waals surface area contributed by atoms with E-state index < -0.39 is 0 Å². The molecular formula is C11H17N7. The number of aryl methyl sites for hydroxylation is 1. The Labute approximate surface area is 105 Å². The van der Waals surface area contributed by atoms with Crippen molar-refractivity contribution in [3.63, 3.8) is 0 Å². The van der Waals surface area contributed by atoms with E-state index in [1.165, 1.54) is 0 Å². The number of rotatable bonds is 4. The number of amidine groups is 1. The lowest BCUT2D eigenvalue weighted by molar-refractivity contribution is 0.722. The van der Waals surface area contributed by atoms with Gasteiger partial charge in [-0.05, 0) is 6.92 Å². The van der Waals surface area contributed by atoms with E-state index >= 15 is 0 Å². The number of anilines is 1. The molecule has 96 valence electrons. The molecule has 2 aromatic rings. The molecule has 1 atom stereocenters. The summed E-state index contributed by atoms with van der Waals surface area (Å²) in [5, 5.41) is 15.6. The minimum Gasteiger partial charge on any atom is -0.387 e. The highest BCUT2D eigenvalue weighted by atomic mass is 15.3. The summed E-state index contributed by atoms with van der Waals surface area (Å²) in [7, 11) is 1.91. The van der Waals surface area contributed by atoms with E-state index in [2.05, 4.69) is 15.2 Å². The molecule has 7 nitrogen and oxygen atoms in total. The third-order valence-electron chi connectivity index (χ3n) is 2.92. The van der Waals surface area contributed by atoms with Gasteiger partial charge in [-0.1, -0.05) is 6.92 Å². The second-order valence-electron chi connectivity index (χ2n) is 4.43. The average Bonchev–Trinajstić information content (AvgIpc) is 2.71. The number of fused-ring (bicyclic) bond motifs is 1. The topological polar surface area (TPSA) is 96.2 Å². The molecule has 0 spiro atoms. The quantitative estimate of drug-likeness (QED) is 0.603. The zero-order valence-electron chi connectivity index (χ0n) is 10.8. The van der Waals surface area contributed by atoms with Crippen molar-refractivity contribution in [3.8, 4) is 0 Å². The zero-order chi connectivity index (χ0) is 13.3. The van der Waals surface area contributed by atoms with Gasteiger partial charge in [0.2, 0.25) is 5.65 Å². The van der Waals surface area contributed by atoms with Crippen molar-refractivity contribution in [1.29, 1.82) is 5.41 Å². The van der Waals surface area contributed by atoms with Crippen LogP contribution >= 0.6 is 0 Å². The van der Waals surface area contributed by atoms with E-state index in [1.807, 2.05) is 36.4 Å². The number of hydrogen-bond acceptors (Lipinski definition) is 5. The van der Waals surface area contributed by atoms with E-state index in [4.69, 9.17) is 11.1 Å². The average molecular weight is 247 g/mol. The van der Waals surface area contributed by atoms with Crippen LogP contribution in [0.1, 0.15) is 12.7 Å². The summed E-state index contributed by atoms with van der Waals surface area (Å²) in [4.78, 5) is 6.26. The second-order valence-corrected chi connectivity index (χ2v) is 4.43. The number of nitrogens with one attached hydrogen (secondary N) is 1. The summed E-state index contributed by atoms with van der Waals surface area (Å²) in [5.41, 5.74) is 6.20. The Balaban J connectivity index is 2.33. The summed E-state index contributed by atoms with van der Waals surface area (Å²) < 4.78 is 1.89. The summed E-state index contributed by atoms with van der Waals surface area (Å²) in [6, 6.07) is 0. The Hall–Kier alpha value is -2.18. The molecular weight excluding hydrogens is 230 g/mol. The minimum atomic E-state index is -0.0268. The van der Waals surface area contributed by atoms with Crippen LogP contribution in [0.2, 0.25) is 0 Å². The standard InChI is InChI=1S/C11H17N7/c1-7(9(12)13)6-17(3)10-11-16-15-8(2)18(11)5-4-14-10/h4-5,7H,6H2,1-3H3,(H3,12,13). The van der Waals surface area contributed by atoms with Gasteiger partial charge in [0.15, 0.2) is 5.82 Å². The maximum Gasteiger partial charge on any atom is 0.203 e. The predicted octanol–water partition coefficient (Wildman–Crippen LogP) is 0.441. The van der Waals surface area contributed by atoms with Crippen LogP contribution in [0.5, 0.6) is 0 Å². The third kappa shape index (κ3) is 2.11. The number of nitrogens with zero attached hydrogens (tertiary/aromatic N) is 5. The number of aromatic nitrogens is 4. The lowest BCUT2D eigenvalue weighted by atomic mass is 10.1. The lowest BCUT2D eigenvalue weighted by Gasteiger charge is -2.21. The van der Waals surface area contributed by atoms with Crippen LogP contribution in [0, 0.1) is 18.3 Å². The SMILES string of the molecule is Cc1nnc2c(N(C)CC(C)C(=N)N)nccn12. The number of nitrogens with two attached hydrogens (primary N) is 1. The molecule has 1 unspecified atom stereocenters. The molecule has 2 heterocycles. The predicted molar refractivity (Wildman–Crippen MR) is 69.9 cm³/mol. The van der Waals surface area contributed by atoms with Crippen LogP contribution in [-0.2, 0) is 0 Å². The van der Waals surface area contributed by atoms with Crippen LogP contribution in [0.15, 0.2) is 12.4 Å². The van der Waals surface area contributed by atoms with Crippen molar-refractivity contribution in [2.24, 2.45) is 11.7 Å². The van der Waals surface area contributed by atoms with Gasteiger partial charge >= 0.3 is 0 Å². The van der Waals surface area contributed by atoms with Gasteiger partial charge in [0.25, 0.3) is 0 Å². The molecule has 0 aliphatic carbocycles. The molecule has 3 N–H and O–H groups in total. The molecule has 0 bridgehead atoms. The fourth-order valence-electron chi connectivity index (χ4n) is 1.79. The summed E-state index contributed by atoms with van der Waals surface area (Å²) >= 11 is 0. The summed E-state index contributed by atoms with van der Waals surface area (Å²) in [6.07, 6.45) is 3.55. The highest BCUT2D eigenvalue weighted by Crippen LogP contribution is 2.16. The highest BCUT2D eigenvalue weighted by molar-refractivity contribution is 5.80. The zero-order valence-corrected chi connectivity index (χ0v) is 10.8. The van der Waals surface area contributed by atoms with Gasteiger partial charge in [0, 0.05) is 31.9 Å². The smallest absolute Gasteiger partial charge is 0.203 e. The van der Waals surface area contributed by atoms with Gasteiger partial charge in [-0.25, -0.2) is 4.98 Å². The molecule has 0 amide bonds. The molecule has 0 radical (unpaired) electrons. The van der Waals surface area contributed by atoms with Crippen molar-refractivity contribution in [1.82, 2.24) is 19.6 Å². The normalized spacial score (nSPS) is 12.6. The van der Waals surface area contributed by atoms with E-state index in [0.717, 1.165) is 11.6 Å². The van der Waals surface area contributed by atoms with Crippen molar-refractivity contribution >= 4 is 17.3 Å². The summed E-state index contributed by atoms with van der Waals surface area (Å²) in [5.74, 6) is 1.71. The Morgan fingerprint density at radius 2 is 2.28 bits per heavy atom. The van der Waals surface area contributed by atoms with Crippen LogP contribution < -0.4 is 10.6 Å². The first-order valence-corrected chi connectivity index (χ1v) is 5.72. The Kier molecular flexibility index (Phi) is 3.14. The van der Waals surface area contributed by atoms with Gasteiger partial charge in [-0.2, -0.15) is 0 Å². The maximum absolute atomic E-state index is 7.42. The van der Waals surface area contributed by atoms with Crippen molar-refractivity contribution < 1.29 is 0 Å². The van der Waals surface area contributed by atoms with E-state index in [-0.39, 0.29) is 11.8 Å². The molecule has 2 aromatic heterocycles. The maximum atomic E-state index is 7.42. The first-order chi connectivity index (χ1) is 8.50. The Bertz CT molecular complexity index is 574. The fourth-order valence-corrected chi connectivity index (χ4v) is 1.79. The second kappa shape index (κ2) is 4.59. The molecule has 0 saturated heterocycles. The molecule has 0 saturated carbocycles. The molecule has 2 rings (SSSR count). The van der Waals surface area contributed by atoms with Crippen LogP contribution in [-0.4, -0.2) is 39.0 Å².